The van der Waals surface area contributed by atoms with Crippen molar-refractivity contribution < 1.29 is 13.2 Å². The molecule has 4 nitrogen and oxygen atoms in total. The number of aromatic nitrogens is 2. The fourth-order valence-electron chi connectivity index (χ4n) is 1.52. The van der Waals surface area contributed by atoms with Gasteiger partial charge in [0, 0.05) is 26.2 Å². The largest absolute Gasteiger partial charge is 0.433 e. The Morgan fingerprint density at radius 1 is 1.26 bits per heavy atom. The van der Waals surface area contributed by atoms with Crippen molar-refractivity contribution in [3.63, 3.8) is 0 Å². The van der Waals surface area contributed by atoms with Gasteiger partial charge in [-0.25, -0.2) is 4.98 Å². The van der Waals surface area contributed by atoms with Crippen LogP contribution < -0.4 is 10.2 Å². The number of alkyl halides is 3. The average Bonchev–Trinajstić information content (AvgIpc) is 2.35. The van der Waals surface area contributed by atoms with Gasteiger partial charge >= 0.3 is 6.18 Å². The second-order valence-corrected chi connectivity index (χ2v) is 4.24. The molecule has 0 amide bonds. The molecule has 0 fully saturated rings. The van der Waals surface area contributed by atoms with Gasteiger partial charge in [0.25, 0.3) is 0 Å². The van der Waals surface area contributed by atoms with Crippen LogP contribution in [0.5, 0.6) is 0 Å². The summed E-state index contributed by atoms with van der Waals surface area (Å²) in [6.45, 7) is 4.94. The molecule has 0 spiro atoms. The number of unbranched alkanes of at least 4 members (excludes halogenated alkanes) is 1. The SMILES string of the molecule is CCCCN(C)c1cc(C(F)(F)F)nc(NCC)n1. The number of nitrogens with one attached hydrogen (secondary N) is 1. The second-order valence-electron chi connectivity index (χ2n) is 4.24. The molecule has 0 aliphatic rings. The summed E-state index contributed by atoms with van der Waals surface area (Å²) in [5, 5.41) is 2.72. The first-order valence-electron chi connectivity index (χ1n) is 6.29. The number of anilines is 2. The molecule has 1 heterocycles. The van der Waals surface area contributed by atoms with Crippen LogP contribution in [0.2, 0.25) is 0 Å². The number of hydrogen-bond acceptors (Lipinski definition) is 4. The minimum absolute atomic E-state index is 0.00988. The van der Waals surface area contributed by atoms with Gasteiger partial charge in [-0.2, -0.15) is 18.2 Å². The maximum atomic E-state index is 12.8. The maximum absolute atomic E-state index is 12.8. The van der Waals surface area contributed by atoms with E-state index >= 15 is 0 Å². The first kappa shape index (κ1) is 15.5. The van der Waals surface area contributed by atoms with E-state index in [1.54, 1.807) is 18.9 Å². The minimum atomic E-state index is -4.46. The molecule has 108 valence electrons. The first-order chi connectivity index (χ1) is 8.88. The van der Waals surface area contributed by atoms with E-state index in [2.05, 4.69) is 15.3 Å². The van der Waals surface area contributed by atoms with E-state index in [-0.39, 0.29) is 11.8 Å². The number of hydrogen-bond donors (Lipinski definition) is 1. The van der Waals surface area contributed by atoms with Crippen LogP contribution in [-0.4, -0.2) is 30.1 Å². The quantitative estimate of drug-likeness (QED) is 0.866. The summed E-state index contributed by atoms with van der Waals surface area (Å²) < 4.78 is 38.3. The van der Waals surface area contributed by atoms with Crippen LogP contribution in [0.25, 0.3) is 0 Å². The van der Waals surface area contributed by atoms with E-state index in [0.29, 0.717) is 13.1 Å². The number of halogens is 3. The highest BCUT2D eigenvalue weighted by atomic mass is 19.4. The van der Waals surface area contributed by atoms with Gasteiger partial charge in [0.15, 0.2) is 5.69 Å². The van der Waals surface area contributed by atoms with Crippen LogP contribution in [0.4, 0.5) is 24.9 Å². The molecule has 0 radical (unpaired) electrons. The number of nitrogens with zero attached hydrogens (tertiary/aromatic N) is 3. The lowest BCUT2D eigenvalue weighted by atomic mass is 10.3. The Labute approximate surface area is 111 Å². The van der Waals surface area contributed by atoms with Gasteiger partial charge < -0.3 is 10.2 Å². The monoisotopic (exact) mass is 276 g/mol. The highest BCUT2D eigenvalue weighted by molar-refractivity contribution is 5.44. The highest BCUT2D eigenvalue weighted by Crippen LogP contribution is 2.30. The Kier molecular flexibility index (Phi) is 5.38. The van der Waals surface area contributed by atoms with Crippen molar-refractivity contribution in [1.29, 1.82) is 0 Å². The van der Waals surface area contributed by atoms with Crippen molar-refractivity contribution in [2.45, 2.75) is 32.9 Å². The zero-order valence-electron chi connectivity index (χ0n) is 11.4. The zero-order chi connectivity index (χ0) is 14.5. The second kappa shape index (κ2) is 6.58. The van der Waals surface area contributed by atoms with E-state index in [1.807, 2.05) is 6.92 Å². The Bertz CT molecular complexity index is 406. The normalized spacial score (nSPS) is 11.5. The van der Waals surface area contributed by atoms with Crippen molar-refractivity contribution in [2.75, 3.05) is 30.4 Å². The van der Waals surface area contributed by atoms with E-state index in [9.17, 15) is 13.2 Å². The van der Waals surface area contributed by atoms with Crippen molar-refractivity contribution in [3.05, 3.63) is 11.8 Å². The molecule has 1 rings (SSSR count). The molecule has 7 heteroatoms. The summed E-state index contributed by atoms with van der Waals surface area (Å²) in [7, 11) is 1.73. The molecule has 0 saturated carbocycles. The summed E-state index contributed by atoms with van der Waals surface area (Å²) >= 11 is 0. The van der Waals surface area contributed by atoms with Crippen molar-refractivity contribution in [1.82, 2.24) is 9.97 Å². The van der Waals surface area contributed by atoms with E-state index < -0.39 is 11.9 Å². The maximum Gasteiger partial charge on any atom is 0.433 e. The fourth-order valence-corrected chi connectivity index (χ4v) is 1.52. The Morgan fingerprint density at radius 2 is 1.95 bits per heavy atom. The summed E-state index contributed by atoms with van der Waals surface area (Å²) in [6.07, 6.45) is -2.59. The predicted molar refractivity (Wildman–Crippen MR) is 69.4 cm³/mol. The molecular formula is C12H19F3N4. The predicted octanol–water partition coefficient (Wildman–Crippen LogP) is 3.16. The molecule has 0 bridgehead atoms. The van der Waals surface area contributed by atoms with Crippen molar-refractivity contribution >= 4 is 11.8 Å². The van der Waals surface area contributed by atoms with Crippen molar-refractivity contribution in [3.8, 4) is 0 Å². The van der Waals surface area contributed by atoms with Gasteiger partial charge in [-0.1, -0.05) is 13.3 Å². The summed E-state index contributed by atoms with van der Waals surface area (Å²) in [5.74, 6) is 0.294. The summed E-state index contributed by atoms with van der Waals surface area (Å²) in [4.78, 5) is 9.29. The first-order valence-corrected chi connectivity index (χ1v) is 6.29. The van der Waals surface area contributed by atoms with E-state index in [0.717, 1.165) is 18.9 Å². The molecule has 0 saturated heterocycles. The smallest absolute Gasteiger partial charge is 0.360 e. The van der Waals surface area contributed by atoms with Crippen LogP contribution in [0, 0.1) is 0 Å². The topological polar surface area (TPSA) is 41.1 Å². The Morgan fingerprint density at radius 3 is 2.47 bits per heavy atom. The van der Waals surface area contributed by atoms with Gasteiger partial charge in [0.1, 0.15) is 5.82 Å². The summed E-state index contributed by atoms with van der Waals surface area (Å²) in [6, 6.07) is 0.983. The number of rotatable bonds is 6. The van der Waals surface area contributed by atoms with Gasteiger partial charge in [0.05, 0.1) is 0 Å². The molecule has 0 aliphatic heterocycles. The summed E-state index contributed by atoms with van der Waals surface area (Å²) in [5.41, 5.74) is -0.920. The molecule has 0 unspecified atom stereocenters. The van der Waals surface area contributed by atoms with E-state index in [1.165, 1.54) is 0 Å². The molecule has 0 atom stereocenters. The van der Waals surface area contributed by atoms with Gasteiger partial charge in [0.2, 0.25) is 5.95 Å². The zero-order valence-corrected chi connectivity index (χ0v) is 11.4. The van der Waals surface area contributed by atoms with Crippen LogP contribution >= 0.6 is 0 Å². The van der Waals surface area contributed by atoms with Crippen LogP contribution in [0.1, 0.15) is 32.4 Å². The minimum Gasteiger partial charge on any atom is -0.360 e. The van der Waals surface area contributed by atoms with Crippen molar-refractivity contribution in [2.24, 2.45) is 0 Å². The third-order valence-corrected chi connectivity index (χ3v) is 2.58. The van der Waals surface area contributed by atoms with Gasteiger partial charge in [-0.05, 0) is 13.3 Å². The van der Waals surface area contributed by atoms with Crippen LogP contribution in [-0.2, 0) is 6.18 Å². The molecular weight excluding hydrogens is 257 g/mol. The molecule has 1 aromatic heterocycles. The molecule has 0 aliphatic carbocycles. The molecule has 1 aromatic rings. The standard InChI is InChI=1S/C12H19F3N4/c1-4-6-7-19(3)10-8-9(12(13,14)15)17-11(18-10)16-5-2/h8H,4-7H2,1-3H3,(H,16,17,18). The van der Waals surface area contributed by atoms with Gasteiger partial charge in [-0.3, -0.25) is 0 Å². The Balaban J connectivity index is 3.05. The fraction of sp³-hybridized carbons (Fsp3) is 0.667. The highest BCUT2D eigenvalue weighted by Gasteiger charge is 2.34. The van der Waals surface area contributed by atoms with Crippen LogP contribution in [0.3, 0.4) is 0 Å². The third kappa shape index (κ3) is 4.57. The third-order valence-electron chi connectivity index (χ3n) is 2.58. The van der Waals surface area contributed by atoms with Gasteiger partial charge in [-0.15, -0.1) is 0 Å². The lowest BCUT2D eigenvalue weighted by molar-refractivity contribution is -0.141. The van der Waals surface area contributed by atoms with E-state index in [4.69, 9.17) is 0 Å². The molecule has 0 aromatic carbocycles. The van der Waals surface area contributed by atoms with Crippen LogP contribution in [0.15, 0.2) is 6.07 Å². The molecule has 1 N–H and O–H groups in total. The lowest BCUT2D eigenvalue weighted by Gasteiger charge is -2.19. The average molecular weight is 276 g/mol. The lowest BCUT2D eigenvalue weighted by Crippen LogP contribution is -2.22. The molecule has 19 heavy (non-hydrogen) atoms. The Hall–Kier alpha value is -1.53.